The first-order valence-corrected chi connectivity index (χ1v) is 11.2. The van der Waals surface area contributed by atoms with Crippen LogP contribution >= 0.6 is 0 Å². The van der Waals surface area contributed by atoms with Crippen molar-refractivity contribution >= 4 is 25.0 Å². The van der Waals surface area contributed by atoms with E-state index in [0.717, 1.165) is 35.1 Å². The molecule has 4 heteroatoms. The van der Waals surface area contributed by atoms with Gasteiger partial charge in [-0.3, -0.25) is 9.78 Å². The third kappa shape index (κ3) is 3.92. The van der Waals surface area contributed by atoms with Crippen LogP contribution in [0.1, 0.15) is 36.3 Å². The van der Waals surface area contributed by atoms with Gasteiger partial charge < -0.3 is 4.80 Å². The summed E-state index contributed by atoms with van der Waals surface area (Å²) in [6.45, 7) is 4.32. The summed E-state index contributed by atoms with van der Waals surface area (Å²) in [5.74, 6) is 0. The zero-order valence-corrected chi connectivity index (χ0v) is 16.8. The molecular weight excluding hydrogens is 350 g/mol. The number of rotatable bonds is 7. The summed E-state index contributed by atoms with van der Waals surface area (Å²) in [5.41, 5.74) is 1.52. The molecule has 0 spiro atoms. The minimum absolute atomic E-state index is 0.293. The summed E-state index contributed by atoms with van der Waals surface area (Å²) < 4.78 is 0. The van der Waals surface area contributed by atoms with E-state index in [1.165, 1.54) is 0 Å². The number of carbonyl (C=O) groups excluding carboxylic acids is 1. The van der Waals surface area contributed by atoms with Gasteiger partial charge in [-0.2, -0.15) is 0 Å². The molecule has 3 rings (SSSR count). The number of pyridine rings is 1. The van der Waals surface area contributed by atoms with Gasteiger partial charge >= 0.3 is 0 Å². The molecule has 27 heavy (non-hydrogen) atoms. The van der Waals surface area contributed by atoms with Crippen LogP contribution in [-0.4, -0.2) is 24.4 Å². The van der Waals surface area contributed by atoms with E-state index in [1.807, 2.05) is 66.7 Å². The van der Waals surface area contributed by atoms with Crippen molar-refractivity contribution in [3.8, 4) is 0 Å². The average Bonchev–Trinajstić information content (AvgIpc) is 2.73. The highest BCUT2D eigenvalue weighted by Crippen LogP contribution is 2.39. The summed E-state index contributed by atoms with van der Waals surface area (Å²) >= 11 is 0. The van der Waals surface area contributed by atoms with Gasteiger partial charge in [0, 0.05) is 6.20 Å². The van der Waals surface area contributed by atoms with Gasteiger partial charge in [0.2, 0.25) is 0 Å². The predicted octanol–water partition coefficient (Wildman–Crippen LogP) is 3.36. The number of hydrogen-bond acceptors (Lipinski definition) is 3. The molecule has 0 aliphatic carbocycles. The van der Waals surface area contributed by atoms with Crippen LogP contribution in [0.2, 0.25) is 5.04 Å². The molecule has 0 aliphatic rings. The lowest BCUT2D eigenvalue weighted by Gasteiger charge is -2.41. The second-order valence-corrected chi connectivity index (χ2v) is 11.5. The Bertz CT molecular complexity index is 838. The van der Waals surface area contributed by atoms with E-state index < -0.39 is 8.32 Å². The van der Waals surface area contributed by atoms with Crippen LogP contribution in [0.4, 0.5) is 0 Å². The number of hydrogen-bond donors (Lipinski definition) is 1. The van der Waals surface area contributed by atoms with Crippen molar-refractivity contribution in [2.45, 2.75) is 31.7 Å². The van der Waals surface area contributed by atoms with Gasteiger partial charge in [0.15, 0.2) is 6.29 Å². The third-order valence-electron chi connectivity index (χ3n) is 5.37. The summed E-state index contributed by atoms with van der Waals surface area (Å²) in [7, 11) is -2.98. The molecule has 0 fully saturated rings. The predicted molar refractivity (Wildman–Crippen MR) is 112 cm³/mol. The molecular formula is C23H25NO2Si. The zero-order chi connectivity index (χ0) is 19.3. The van der Waals surface area contributed by atoms with Gasteiger partial charge in [-0.15, -0.1) is 0 Å². The second-order valence-electron chi connectivity index (χ2n) is 7.54. The van der Waals surface area contributed by atoms with Gasteiger partial charge in [-0.25, -0.2) is 0 Å². The van der Waals surface area contributed by atoms with E-state index in [9.17, 15) is 9.59 Å². The summed E-state index contributed by atoms with van der Waals surface area (Å²) in [6.07, 6.45) is 4.13. The number of aryl methyl sites for hydroxylation is 1. The highest BCUT2D eigenvalue weighted by Gasteiger charge is 2.49. The van der Waals surface area contributed by atoms with E-state index in [1.54, 1.807) is 12.3 Å². The van der Waals surface area contributed by atoms with Crippen molar-refractivity contribution in [3.05, 3.63) is 90.3 Å². The average molecular weight is 376 g/mol. The molecule has 1 heterocycles. The van der Waals surface area contributed by atoms with Gasteiger partial charge in [-0.1, -0.05) is 80.6 Å². The van der Waals surface area contributed by atoms with E-state index in [-0.39, 0.29) is 5.04 Å². The van der Waals surface area contributed by atoms with Gasteiger partial charge in [-0.05, 0) is 39.9 Å². The van der Waals surface area contributed by atoms with Gasteiger partial charge in [0.25, 0.3) is 8.32 Å². The molecule has 0 atom stereocenters. The molecule has 0 saturated heterocycles. The van der Waals surface area contributed by atoms with Crippen LogP contribution in [0, 0.1) is 0 Å². The van der Waals surface area contributed by atoms with Crippen molar-refractivity contribution in [2.24, 2.45) is 0 Å². The normalized spacial score (nSPS) is 12.0. The molecule has 1 aromatic heterocycles. The van der Waals surface area contributed by atoms with Crippen molar-refractivity contribution in [1.82, 2.24) is 4.98 Å². The van der Waals surface area contributed by atoms with Crippen LogP contribution in [0.25, 0.3) is 0 Å². The van der Waals surface area contributed by atoms with Crippen molar-refractivity contribution in [3.63, 3.8) is 0 Å². The fraction of sp³-hybridized carbons (Fsp3) is 0.217. The summed E-state index contributed by atoms with van der Waals surface area (Å²) in [4.78, 5) is 27.1. The molecule has 2 aromatic carbocycles. The SMILES string of the molecule is CC(C)(CCc1ccc(C=O)nc1)[Si](O)(c1ccccc1)c1ccccc1. The van der Waals surface area contributed by atoms with Gasteiger partial charge in [0.1, 0.15) is 5.69 Å². The summed E-state index contributed by atoms with van der Waals surface area (Å²) in [6, 6.07) is 23.8. The molecule has 0 radical (unpaired) electrons. The monoisotopic (exact) mass is 375 g/mol. The first-order chi connectivity index (χ1) is 13.0. The Labute approximate surface area is 161 Å². The third-order valence-corrected chi connectivity index (χ3v) is 9.92. The number of carbonyl (C=O) groups is 1. The molecule has 3 aromatic rings. The maximum Gasteiger partial charge on any atom is 0.258 e. The molecule has 1 N–H and O–H groups in total. The Balaban J connectivity index is 1.94. The zero-order valence-electron chi connectivity index (χ0n) is 15.8. The molecule has 0 bridgehead atoms. The smallest absolute Gasteiger partial charge is 0.258 e. The molecule has 0 aliphatic heterocycles. The van der Waals surface area contributed by atoms with Crippen LogP contribution in [-0.2, 0) is 6.42 Å². The standard InChI is InChI=1S/C23H25NO2Si/c1-23(2,16-15-19-13-14-20(18-25)24-17-19)27(26,21-9-5-3-6-10-21)22-11-7-4-8-12-22/h3-14,17-18,26H,15-16H2,1-2H3. The first kappa shape index (κ1) is 19.2. The molecule has 0 saturated carbocycles. The number of aldehydes is 1. The fourth-order valence-electron chi connectivity index (χ4n) is 3.60. The first-order valence-electron chi connectivity index (χ1n) is 9.21. The van der Waals surface area contributed by atoms with E-state index in [0.29, 0.717) is 5.69 Å². The Morgan fingerprint density at radius 1 is 0.926 bits per heavy atom. The van der Waals surface area contributed by atoms with E-state index in [2.05, 4.69) is 18.8 Å². The maximum atomic E-state index is 12.1. The highest BCUT2D eigenvalue weighted by molar-refractivity contribution is 6.98. The Morgan fingerprint density at radius 2 is 1.48 bits per heavy atom. The van der Waals surface area contributed by atoms with Crippen molar-refractivity contribution in [2.75, 3.05) is 0 Å². The molecule has 0 amide bonds. The largest absolute Gasteiger partial charge is 0.424 e. The van der Waals surface area contributed by atoms with Gasteiger partial charge in [0.05, 0.1) is 0 Å². The fourth-order valence-corrected chi connectivity index (χ4v) is 7.33. The highest BCUT2D eigenvalue weighted by atomic mass is 28.4. The Morgan fingerprint density at radius 3 is 1.93 bits per heavy atom. The minimum atomic E-state index is -2.98. The van der Waals surface area contributed by atoms with Crippen LogP contribution in [0.15, 0.2) is 79.0 Å². The number of nitrogens with zero attached hydrogens (tertiary/aromatic N) is 1. The molecule has 3 nitrogen and oxygen atoms in total. The Hall–Kier alpha value is -2.56. The minimum Gasteiger partial charge on any atom is -0.424 e. The quantitative estimate of drug-likeness (QED) is 0.509. The van der Waals surface area contributed by atoms with Crippen LogP contribution in [0.5, 0.6) is 0 Å². The van der Waals surface area contributed by atoms with Crippen LogP contribution < -0.4 is 10.4 Å². The van der Waals surface area contributed by atoms with Crippen molar-refractivity contribution < 1.29 is 9.59 Å². The maximum absolute atomic E-state index is 12.1. The van der Waals surface area contributed by atoms with Crippen LogP contribution in [0.3, 0.4) is 0 Å². The van der Waals surface area contributed by atoms with Crippen molar-refractivity contribution in [1.29, 1.82) is 0 Å². The summed E-state index contributed by atoms with van der Waals surface area (Å²) in [5, 5.41) is 1.75. The topological polar surface area (TPSA) is 50.2 Å². The van der Waals surface area contributed by atoms with E-state index in [4.69, 9.17) is 0 Å². The molecule has 138 valence electrons. The van der Waals surface area contributed by atoms with E-state index >= 15 is 0 Å². The lowest BCUT2D eigenvalue weighted by atomic mass is 10.0. The molecule has 0 unspecified atom stereocenters. The number of benzene rings is 2. The lowest BCUT2D eigenvalue weighted by molar-refractivity contribution is 0.111. The Kier molecular flexibility index (Phi) is 5.68. The number of aromatic nitrogens is 1. The lowest BCUT2D eigenvalue weighted by Crippen LogP contribution is -2.65. The second kappa shape index (κ2) is 7.99.